The van der Waals surface area contributed by atoms with Crippen molar-refractivity contribution >= 4 is 23.2 Å². The Morgan fingerprint density at radius 3 is 2.46 bits per heavy atom. The largest absolute Gasteiger partial charge is 0.330 e. The average molecular weight is 349 g/mol. The lowest BCUT2D eigenvalue weighted by Crippen LogP contribution is -2.12. The summed E-state index contributed by atoms with van der Waals surface area (Å²) in [5.74, 6) is -0.413. The molecule has 0 saturated heterocycles. The Hall–Kier alpha value is -1.91. The molecule has 24 heavy (non-hydrogen) atoms. The lowest BCUT2D eigenvalue weighted by atomic mass is 10.0. The SMILES string of the molecule is NCCCCCCC(=O)Nc1ccc(F)cc1-c1ccc(Cl)cc1. The van der Waals surface area contributed by atoms with E-state index >= 15 is 0 Å². The van der Waals surface area contributed by atoms with Gasteiger partial charge in [0.2, 0.25) is 5.91 Å². The van der Waals surface area contributed by atoms with Gasteiger partial charge in [-0.15, -0.1) is 0 Å². The summed E-state index contributed by atoms with van der Waals surface area (Å²) in [6, 6.07) is 11.4. The van der Waals surface area contributed by atoms with E-state index in [4.69, 9.17) is 17.3 Å². The predicted molar refractivity (Wildman–Crippen MR) is 97.6 cm³/mol. The molecule has 128 valence electrons. The topological polar surface area (TPSA) is 55.1 Å². The molecule has 0 atom stereocenters. The second-order valence-electron chi connectivity index (χ2n) is 5.70. The van der Waals surface area contributed by atoms with Crippen molar-refractivity contribution in [2.24, 2.45) is 5.73 Å². The lowest BCUT2D eigenvalue weighted by molar-refractivity contribution is -0.116. The third kappa shape index (κ3) is 5.62. The van der Waals surface area contributed by atoms with E-state index in [-0.39, 0.29) is 11.7 Å². The third-order valence-corrected chi connectivity index (χ3v) is 4.02. The first kappa shape index (κ1) is 18.4. The fourth-order valence-electron chi connectivity index (χ4n) is 2.49. The number of nitrogens with one attached hydrogen (secondary N) is 1. The number of halogens is 2. The maximum absolute atomic E-state index is 13.6. The van der Waals surface area contributed by atoms with Crippen LogP contribution in [0.15, 0.2) is 42.5 Å². The number of unbranched alkanes of at least 4 members (excludes halogenated alkanes) is 3. The number of carbonyl (C=O) groups excluding carboxylic acids is 1. The first-order chi connectivity index (χ1) is 11.6. The molecule has 0 aliphatic carbocycles. The summed E-state index contributed by atoms with van der Waals surface area (Å²) in [6.07, 6.45) is 4.28. The second-order valence-corrected chi connectivity index (χ2v) is 6.13. The van der Waals surface area contributed by atoms with Gasteiger partial charge in [0.15, 0.2) is 0 Å². The molecule has 2 rings (SSSR count). The monoisotopic (exact) mass is 348 g/mol. The maximum Gasteiger partial charge on any atom is 0.224 e. The van der Waals surface area contributed by atoms with Gasteiger partial charge in [0.05, 0.1) is 0 Å². The van der Waals surface area contributed by atoms with Gasteiger partial charge in [-0.2, -0.15) is 0 Å². The Morgan fingerprint density at radius 1 is 1.04 bits per heavy atom. The Morgan fingerprint density at radius 2 is 1.75 bits per heavy atom. The van der Waals surface area contributed by atoms with E-state index in [2.05, 4.69) is 5.32 Å². The molecule has 0 fully saturated rings. The van der Waals surface area contributed by atoms with Crippen LogP contribution in [0.25, 0.3) is 11.1 Å². The standard InChI is InChI=1S/C19H22ClFN2O/c20-15-8-6-14(7-9-15)17-13-16(21)10-11-18(17)23-19(24)5-3-1-2-4-12-22/h6-11,13H,1-5,12,22H2,(H,23,24). The smallest absolute Gasteiger partial charge is 0.224 e. The molecule has 0 aliphatic heterocycles. The van der Waals surface area contributed by atoms with Crippen LogP contribution in [0, 0.1) is 5.82 Å². The molecule has 0 spiro atoms. The predicted octanol–water partition coefficient (Wildman–Crippen LogP) is 4.99. The highest BCUT2D eigenvalue weighted by Crippen LogP contribution is 2.30. The van der Waals surface area contributed by atoms with Crippen LogP contribution in [0.3, 0.4) is 0 Å². The molecule has 1 amide bonds. The first-order valence-electron chi connectivity index (χ1n) is 8.15. The van der Waals surface area contributed by atoms with Gasteiger partial charge in [-0.1, -0.05) is 36.6 Å². The van der Waals surface area contributed by atoms with Gasteiger partial charge in [0, 0.05) is 22.7 Å². The minimum Gasteiger partial charge on any atom is -0.330 e. The van der Waals surface area contributed by atoms with E-state index in [9.17, 15) is 9.18 Å². The van der Waals surface area contributed by atoms with Crippen LogP contribution in [0.5, 0.6) is 0 Å². The van der Waals surface area contributed by atoms with Gasteiger partial charge in [-0.05, 0) is 55.3 Å². The van der Waals surface area contributed by atoms with Crippen LogP contribution in [0.2, 0.25) is 5.02 Å². The lowest BCUT2D eigenvalue weighted by Gasteiger charge is -2.12. The quantitative estimate of drug-likeness (QED) is 0.660. The molecule has 0 radical (unpaired) electrons. The summed E-state index contributed by atoms with van der Waals surface area (Å²) in [6.45, 7) is 0.687. The number of anilines is 1. The van der Waals surface area contributed by atoms with Crippen molar-refractivity contribution in [2.75, 3.05) is 11.9 Å². The minimum atomic E-state index is -0.347. The molecular weight excluding hydrogens is 327 g/mol. The maximum atomic E-state index is 13.6. The fourth-order valence-corrected chi connectivity index (χ4v) is 2.62. The van der Waals surface area contributed by atoms with Crippen LogP contribution in [0.1, 0.15) is 32.1 Å². The summed E-state index contributed by atoms with van der Waals surface area (Å²) < 4.78 is 13.6. The molecule has 0 saturated carbocycles. The number of hydrogen-bond donors (Lipinski definition) is 2. The Labute approximate surface area is 147 Å². The summed E-state index contributed by atoms with van der Waals surface area (Å²) in [5.41, 5.74) is 7.50. The fraction of sp³-hybridized carbons (Fsp3) is 0.316. The van der Waals surface area contributed by atoms with E-state index in [0.29, 0.717) is 29.2 Å². The summed E-state index contributed by atoms with van der Waals surface area (Å²) in [5, 5.41) is 3.49. The molecule has 0 aromatic heterocycles. The van der Waals surface area contributed by atoms with Gasteiger partial charge in [0.1, 0.15) is 5.82 Å². The Kier molecular flexibility index (Phi) is 7.22. The molecule has 3 nitrogen and oxygen atoms in total. The van der Waals surface area contributed by atoms with E-state index in [0.717, 1.165) is 31.2 Å². The highest BCUT2D eigenvalue weighted by atomic mass is 35.5. The normalized spacial score (nSPS) is 10.6. The highest BCUT2D eigenvalue weighted by Gasteiger charge is 2.10. The molecule has 0 unspecified atom stereocenters. The number of benzene rings is 2. The van der Waals surface area contributed by atoms with Crippen LogP contribution in [-0.2, 0) is 4.79 Å². The number of hydrogen-bond acceptors (Lipinski definition) is 2. The molecular formula is C19H22ClFN2O. The zero-order valence-electron chi connectivity index (χ0n) is 13.5. The minimum absolute atomic E-state index is 0.0652. The molecule has 2 aromatic rings. The van der Waals surface area contributed by atoms with E-state index in [1.807, 2.05) is 0 Å². The molecule has 0 aliphatic rings. The summed E-state index contributed by atoms with van der Waals surface area (Å²) in [4.78, 5) is 12.1. The molecule has 2 aromatic carbocycles. The zero-order valence-corrected chi connectivity index (χ0v) is 14.3. The Bertz CT molecular complexity index is 674. The van der Waals surface area contributed by atoms with Crippen LogP contribution in [0.4, 0.5) is 10.1 Å². The second kappa shape index (κ2) is 9.40. The van der Waals surface area contributed by atoms with E-state index in [1.165, 1.54) is 12.1 Å². The van der Waals surface area contributed by atoms with Gasteiger partial charge in [-0.3, -0.25) is 4.79 Å². The van der Waals surface area contributed by atoms with Crippen molar-refractivity contribution in [3.8, 4) is 11.1 Å². The Balaban J connectivity index is 2.04. The number of amides is 1. The van der Waals surface area contributed by atoms with Crippen molar-refractivity contribution in [1.82, 2.24) is 0 Å². The van der Waals surface area contributed by atoms with Crippen molar-refractivity contribution in [3.63, 3.8) is 0 Å². The van der Waals surface area contributed by atoms with Crippen LogP contribution >= 0.6 is 11.6 Å². The molecule has 5 heteroatoms. The van der Waals surface area contributed by atoms with Gasteiger partial charge in [0.25, 0.3) is 0 Å². The number of nitrogens with two attached hydrogens (primary N) is 1. The van der Waals surface area contributed by atoms with Crippen molar-refractivity contribution in [3.05, 3.63) is 53.3 Å². The summed E-state index contributed by atoms with van der Waals surface area (Å²) in [7, 11) is 0. The van der Waals surface area contributed by atoms with Gasteiger partial charge in [-0.25, -0.2) is 4.39 Å². The van der Waals surface area contributed by atoms with E-state index < -0.39 is 0 Å². The number of rotatable bonds is 8. The van der Waals surface area contributed by atoms with Gasteiger partial charge >= 0.3 is 0 Å². The van der Waals surface area contributed by atoms with Crippen molar-refractivity contribution in [2.45, 2.75) is 32.1 Å². The van der Waals surface area contributed by atoms with Crippen LogP contribution in [-0.4, -0.2) is 12.5 Å². The van der Waals surface area contributed by atoms with Gasteiger partial charge < -0.3 is 11.1 Å². The molecule has 0 heterocycles. The van der Waals surface area contributed by atoms with Crippen LogP contribution < -0.4 is 11.1 Å². The van der Waals surface area contributed by atoms with Crippen molar-refractivity contribution < 1.29 is 9.18 Å². The molecule has 0 bridgehead atoms. The summed E-state index contributed by atoms with van der Waals surface area (Å²) >= 11 is 5.90. The zero-order chi connectivity index (χ0) is 17.4. The number of carbonyl (C=O) groups is 1. The first-order valence-corrected chi connectivity index (χ1v) is 8.53. The van der Waals surface area contributed by atoms with Crippen molar-refractivity contribution in [1.29, 1.82) is 0 Å². The molecule has 3 N–H and O–H groups in total. The van der Waals surface area contributed by atoms with E-state index in [1.54, 1.807) is 30.3 Å². The third-order valence-electron chi connectivity index (χ3n) is 3.77. The highest BCUT2D eigenvalue weighted by molar-refractivity contribution is 6.30. The average Bonchev–Trinajstić information content (AvgIpc) is 2.57.